The second-order valence-electron chi connectivity index (χ2n) is 5.10. The Kier molecular flexibility index (Phi) is 4.29. The van der Waals surface area contributed by atoms with Gasteiger partial charge < -0.3 is 4.57 Å². The number of hydrogen-bond donors (Lipinski definition) is 1. The van der Waals surface area contributed by atoms with Crippen LogP contribution in [-0.4, -0.2) is 31.3 Å². The third-order valence-electron chi connectivity index (χ3n) is 3.55. The molecule has 7 heteroatoms. The van der Waals surface area contributed by atoms with Crippen molar-refractivity contribution in [1.82, 2.24) is 19.7 Å². The van der Waals surface area contributed by atoms with Crippen LogP contribution >= 0.6 is 11.8 Å². The molecule has 0 saturated heterocycles. The van der Waals surface area contributed by atoms with Gasteiger partial charge in [0.25, 0.3) is 0 Å². The molecule has 0 unspecified atom stereocenters. The number of carbonyl (C=O) groups is 1. The molecule has 0 amide bonds. The summed E-state index contributed by atoms with van der Waals surface area (Å²) in [4.78, 5) is 16.4. The molecule has 0 aliphatic heterocycles. The van der Waals surface area contributed by atoms with Crippen LogP contribution in [0, 0.1) is 19.7 Å². The Morgan fingerprint density at radius 1 is 1.30 bits per heavy atom. The van der Waals surface area contributed by atoms with Gasteiger partial charge in [0.1, 0.15) is 12.1 Å². The van der Waals surface area contributed by atoms with Crippen molar-refractivity contribution < 1.29 is 9.18 Å². The molecule has 1 N–H and O–H groups in total. The topological polar surface area (TPSA) is 63.6 Å². The Labute approximate surface area is 136 Å². The van der Waals surface area contributed by atoms with Gasteiger partial charge in [0.2, 0.25) is 0 Å². The summed E-state index contributed by atoms with van der Waals surface area (Å²) in [7, 11) is 0. The standard InChI is InChI=1S/C16H15FN4OS/c1-10-7-14(15(22)8-23-16-18-9-19-20-16)11(2)21(10)13-5-3-12(17)4-6-13/h3-7,9H,8H2,1-2H3,(H,18,19,20). The zero-order chi connectivity index (χ0) is 16.4. The number of Topliss-reactive ketones (excluding diaryl/α,β-unsaturated/α-hetero) is 1. The van der Waals surface area contributed by atoms with Gasteiger partial charge in [-0.05, 0) is 44.2 Å². The van der Waals surface area contributed by atoms with E-state index in [4.69, 9.17) is 0 Å². The van der Waals surface area contributed by atoms with Crippen molar-refractivity contribution in [3.63, 3.8) is 0 Å². The van der Waals surface area contributed by atoms with Crippen LogP contribution in [0.2, 0.25) is 0 Å². The van der Waals surface area contributed by atoms with Crippen molar-refractivity contribution in [2.24, 2.45) is 0 Å². The average Bonchev–Trinajstić information content (AvgIpc) is 3.14. The predicted molar refractivity (Wildman–Crippen MR) is 86.6 cm³/mol. The molecule has 0 spiro atoms. The summed E-state index contributed by atoms with van der Waals surface area (Å²) < 4.78 is 15.0. The van der Waals surface area contributed by atoms with Crippen molar-refractivity contribution in [3.05, 3.63) is 59.4 Å². The molecule has 0 saturated carbocycles. The summed E-state index contributed by atoms with van der Waals surface area (Å²) in [5.41, 5.74) is 3.28. The molecule has 2 aromatic heterocycles. The van der Waals surface area contributed by atoms with E-state index >= 15 is 0 Å². The molecule has 0 radical (unpaired) electrons. The summed E-state index contributed by atoms with van der Waals surface area (Å²) >= 11 is 1.31. The van der Waals surface area contributed by atoms with E-state index in [1.54, 1.807) is 12.1 Å². The van der Waals surface area contributed by atoms with Crippen LogP contribution in [0.15, 0.2) is 41.8 Å². The van der Waals surface area contributed by atoms with E-state index in [1.165, 1.54) is 30.2 Å². The summed E-state index contributed by atoms with van der Waals surface area (Å²) in [6.07, 6.45) is 1.41. The highest BCUT2D eigenvalue weighted by atomic mass is 32.2. The van der Waals surface area contributed by atoms with Gasteiger partial charge in [-0.25, -0.2) is 9.37 Å². The number of halogens is 1. The van der Waals surface area contributed by atoms with E-state index in [9.17, 15) is 9.18 Å². The Morgan fingerprint density at radius 2 is 2.04 bits per heavy atom. The maximum atomic E-state index is 13.1. The van der Waals surface area contributed by atoms with Gasteiger partial charge >= 0.3 is 0 Å². The Balaban J connectivity index is 1.85. The fraction of sp³-hybridized carbons (Fsp3) is 0.188. The number of aryl methyl sites for hydroxylation is 1. The number of nitrogens with one attached hydrogen (secondary N) is 1. The quantitative estimate of drug-likeness (QED) is 0.576. The molecule has 0 fully saturated rings. The van der Waals surface area contributed by atoms with Gasteiger partial charge in [-0.15, -0.1) is 0 Å². The van der Waals surface area contributed by atoms with E-state index in [1.807, 2.05) is 24.5 Å². The van der Waals surface area contributed by atoms with Crippen molar-refractivity contribution in [3.8, 4) is 5.69 Å². The van der Waals surface area contributed by atoms with Gasteiger partial charge in [-0.1, -0.05) is 11.8 Å². The van der Waals surface area contributed by atoms with Crippen LogP contribution in [0.4, 0.5) is 4.39 Å². The van der Waals surface area contributed by atoms with Crippen LogP contribution in [0.1, 0.15) is 21.7 Å². The van der Waals surface area contributed by atoms with E-state index in [-0.39, 0.29) is 17.4 Å². The minimum atomic E-state index is -0.282. The number of H-pyrrole nitrogens is 1. The maximum Gasteiger partial charge on any atom is 0.183 e. The lowest BCUT2D eigenvalue weighted by molar-refractivity contribution is 0.102. The fourth-order valence-corrected chi connectivity index (χ4v) is 3.17. The molecule has 3 rings (SSSR count). The molecule has 0 atom stereocenters. The zero-order valence-electron chi connectivity index (χ0n) is 12.7. The number of nitrogens with zero attached hydrogens (tertiary/aromatic N) is 3. The molecular formula is C16H15FN4OS. The first kappa shape index (κ1) is 15.5. The smallest absolute Gasteiger partial charge is 0.183 e. The molecule has 0 aliphatic carbocycles. The predicted octanol–water partition coefficient (Wildman–Crippen LogP) is 3.33. The molecule has 3 aromatic rings. The average molecular weight is 330 g/mol. The fourth-order valence-electron chi connectivity index (χ4n) is 2.51. The van der Waals surface area contributed by atoms with Crippen LogP contribution < -0.4 is 0 Å². The summed E-state index contributed by atoms with van der Waals surface area (Å²) in [6.45, 7) is 3.82. The summed E-state index contributed by atoms with van der Waals surface area (Å²) in [6, 6.07) is 8.09. The number of rotatable bonds is 5. The van der Waals surface area contributed by atoms with Gasteiger partial charge in [-0.2, -0.15) is 5.10 Å². The van der Waals surface area contributed by atoms with Crippen LogP contribution in [-0.2, 0) is 0 Å². The molecule has 1 aromatic carbocycles. The first-order chi connectivity index (χ1) is 11.1. The van der Waals surface area contributed by atoms with Gasteiger partial charge in [0.05, 0.1) is 5.75 Å². The number of benzene rings is 1. The minimum Gasteiger partial charge on any atom is -0.318 e. The largest absolute Gasteiger partial charge is 0.318 e. The molecular weight excluding hydrogens is 315 g/mol. The normalized spacial score (nSPS) is 10.9. The summed E-state index contributed by atoms with van der Waals surface area (Å²) in [5, 5.41) is 7.08. The van der Waals surface area contributed by atoms with Crippen LogP contribution in [0.3, 0.4) is 0 Å². The third-order valence-corrected chi connectivity index (χ3v) is 4.43. The van der Waals surface area contributed by atoms with E-state index in [0.717, 1.165) is 17.1 Å². The van der Waals surface area contributed by atoms with Gasteiger partial charge in [0, 0.05) is 22.6 Å². The third kappa shape index (κ3) is 3.19. The Hall–Kier alpha value is -2.41. The number of carbonyl (C=O) groups excluding carboxylic acids is 1. The first-order valence-electron chi connectivity index (χ1n) is 7.02. The number of thioether (sulfide) groups is 1. The Bertz CT molecular complexity index is 825. The highest BCUT2D eigenvalue weighted by Gasteiger charge is 2.17. The lowest BCUT2D eigenvalue weighted by Gasteiger charge is -2.09. The first-order valence-corrected chi connectivity index (χ1v) is 8.01. The number of aromatic nitrogens is 4. The zero-order valence-corrected chi connectivity index (χ0v) is 13.5. The monoisotopic (exact) mass is 330 g/mol. The second kappa shape index (κ2) is 6.37. The highest BCUT2D eigenvalue weighted by molar-refractivity contribution is 7.99. The molecule has 0 bridgehead atoms. The summed E-state index contributed by atoms with van der Waals surface area (Å²) in [5.74, 6) is 0.0203. The molecule has 118 valence electrons. The van der Waals surface area contributed by atoms with E-state index < -0.39 is 0 Å². The van der Waals surface area contributed by atoms with Crippen molar-refractivity contribution in [1.29, 1.82) is 0 Å². The number of ketones is 1. The van der Waals surface area contributed by atoms with Crippen molar-refractivity contribution >= 4 is 17.5 Å². The number of hydrogen-bond acceptors (Lipinski definition) is 4. The van der Waals surface area contributed by atoms with E-state index in [2.05, 4.69) is 15.2 Å². The second-order valence-corrected chi connectivity index (χ2v) is 6.06. The molecule has 2 heterocycles. The van der Waals surface area contributed by atoms with Crippen LogP contribution in [0.5, 0.6) is 0 Å². The lowest BCUT2D eigenvalue weighted by Crippen LogP contribution is -2.05. The molecule has 5 nitrogen and oxygen atoms in total. The van der Waals surface area contributed by atoms with Crippen LogP contribution in [0.25, 0.3) is 5.69 Å². The SMILES string of the molecule is Cc1cc(C(=O)CSc2ncn[nH]2)c(C)n1-c1ccc(F)cc1. The van der Waals surface area contributed by atoms with Crippen molar-refractivity contribution in [2.75, 3.05) is 5.75 Å². The van der Waals surface area contributed by atoms with Crippen molar-refractivity contribution in [2.45, 2.75) is 19.0 Å². The van der Waals surface area contributed by atoms with Gasteiger partial charge in [0.15, 0.2) is 10.9 Å². The Morgan fingerprint density at radius 3 is 2.70 bits per heavy atom. The number of aromatic amines is 1. The highest BCUT2D eigenvalue weighted by Crippen LogP contribution is 2.23. The van der Waals surface area contributed by atoms with Gasteiger partial charge in [-0.3, -0.25) is 9.89 Å². The maximum absolute atomic E-state index is 13.1. The minimum absolute atomic E-state index is 0.0212. The van der Waals surface area contributed by atoms with E-state index in [0.29, 0.717) is 10.7 Å². The lowest BCUT2D eigenvalue weighted by atomic mass is 10.2. The molecule has 23 heavy (non-hydrogen) atoms. The molecule has 0 aliphatic rings.